The average molecular weight is 255 g/mol. The fourth-order valence-electron chi connectivity index (χ4n) is 1.99. The summed E-state index contributed by atoms with van der Waals surface area (Å²) >= 11 is 0. The summed E-state index contributed by atoms with van der Waals surface area (Å²) in [6.07, 6.45) is 1.92. The van der Waals surface area contributed by atoms with Crippen LogP contribution >= 0.6 is 0 Å². The first kappa shape index (κ1) is 14.0. The zero-order valence-corrected chi connectivity index (χ0v) is 11.5. The number of nitrogen functional groups attached to an aromatic ring is 1. The molecule has 0 aliphatic carbocycles. The van der Waals surface area contributed by atoms with Crippen LogP contribution in [-0.2, 0) is 9.84 Å². The van der Waals surface area contributed by atoms with Gasteiger partial charge in [-0.05, 0) is 37.0 Å². The van der Waals surface area contributed by atoms with E-state index >= 15 is 0 Å². The molecule has 1 aromatic rings. The Bertz CT molecular complexity index is 480. The fraction of sp³-hybridized carbons (Fsp3) is 0.538. The minimum absolute atomic E-state index is 0.172. The highest BCUT2D eigenvalue weighted by atomic mass is 32.2. The average Bonchev–Trinajstić information content (AvgIpc) is 2.15. The van der Waals surface area contributed by atoms with Crippen LogP contribution < -0.4 is 5.73 Å². The van der Waals surface area contributed by atoms with Crippen molar-refractivity contribution in [1.29, 1.82) is 0 Å². The third kappa shape index (κ3) is 3.73. The van der Waals surface area contributed by atoms with Crippen molar-refractivity contribution in [2.75, 3.05) is 11.5 Å². The van der Waals surface area contributed by atoms with Gasteiger partial charge in [0, 0.05) is 0 Å². The van der Waals surface area contributed by atoms with Gasteiger partial charge < -0.3 is 5.73 Å². The molecule has 1 rings (SSSR count). The van der Waals surface area contributed by atoms with Crippen molar-refractivity contribution in [3.63, 3.8) is 0 Å². The fourth-order valence-corrected chi connectivity index (χ4v) is 3.78. The van der Waals surface area contributed by atoms with E-state index in [9.17, 15) is 8.42 Å². The highest BCUT2D eigenvalue weighted by Gasteiger charge is 2.20. The second kappa shape index (κ2) is 5.54. The molecule has 1 atom stereocenters. The Kier molecular flexibility index (Phi) is 4.57. The summed E-state index contributed by atoms with van der Waals surface area (Å²) in [6, 6.07) is 5.10. The van der Waals surface area contributed by atoms with Gasteiger partial charge in [0.2, 0.25) is 0 Å². The quantitative estimate of drug-likeness (QED) is 0.823. The molecule has 0 bridgehead atoms. The highest BCUT2D eigenvalue weighted by molar-refractivity contribution is 7.91. The molecule has 0 radical (unpaired) electrons. The summed E-state index contributed by atoms with van der Waals surface area (Å²) < 4.78 is 24.3. The van der Waals surface area contributed by atoms with Crippen molar-refractivity contribution < 1.29 is 8.42 Å². The number of hydrogen-bond donors (Lipinski definition) is 1. The maximum atomic E-state index is 12.2. The maximum absolute atomic E-state index is 12.2. The molecule has 0 aromatic heterocycles. The van der Waals surface area contributed by atoms with Crippen LogP contribution in [0.4, 0.5) is 5.69 Å². The van der Waals surface area contributed by atoms with E-state index in [-0.39, 0.29) is 16.6 Å². The van der Waals surface area contributed by atoms with Crippen molar-refractivity contribution in [3.05, 3.63) is 23.8 Å². The Hall–Kier alpha value is -1.03. The molecule has 0 aliphatic heterocycles. The standard InChI is InChI=1S/C13H21NO2S/c1-4-5-11(3)9-17(15,16)13-7-6-10(2)8-12(13)14/h6-8,11H,4-5,9,14H2,1-3H3. The van der Waals surface area contributed by atoms with Crippen LogP contribution in [-0.4, -0.2) is 14.2 Å². The third-order valence-corrected chi connectivity index (χ3v) is 4.84. The predicted octanol–water partition coefficient (Wildman–Crippen LogP) is 2.79. The molecule has 2 N–H and O–H groups in total. The smallest absolute Gasteiger partial charge is 0.180 e. The van der Waals surface area contributed by atoms with E-state index in [1.165, 1.54) is 0 Å². The Morgan fingerprint density at radius 2 is 2.00 bits per heavy atom. The minimum atomic E-state index is -3.25. The summed E-state index contributed by atoms with van der Waals surface area (Å²) in [7, 11) is -3.25. The molecule has 17 heavy (non-hydrogen) atoms. The molecule has 1 unspecified atom stereocenters. The number of sulfone groups is 1. The second-order valence-corrected chi connectivity index (χ2v) is 6.72. The van der Waals surface area contributed by atoms with Gasteiger partial charge in [-0.3, -0.25) is 0 Å². The number of aryl methyl sites for hydroxylation is 1. The highest BCUT2D eigenvalue weighted by Crippen LogP contribution is 2.23. The lowest BCUT2D eigenvalue weighted by atomic mass is 10.1. The lowest BCUT2D eigenvalue weighted by molar-refractivity contribution is 0.545. The molecule has 0 saturated carbocycles. The minimum Gasteiger partial charge on any atom is -0.398 e. The van der Waals surface area contributed by atoms with E-state index in [4.69, 9.17) is 5.73 Å². The largest absolute Gasteiger partial charge is 0.398 e. The summed E-state index contributed by atoms with van der Waals surface area (Å²) in [4.78, 5) is 0.269. The molecule has 0 spiro atoms. The van der Waals surface area contributed by atoms with E-state index in [0.717, 1.165) is 18.4 Å². The maximum Gasteiger partial charge on any atom is 0.180 e. The number of benzene rings is 1. The van der Waals surface area contributed by atoms with Crippen molar-refractivity contribution in [1.82, 2.24) is 0 Å². The molecule has 96 valence electrons. The first-order valence-corrected chi connectivity index (χ1v) is 7.61. The van der Waals surface area contributed by atoms with E-state index in [1.807, 2.05) is 13.8 Å². The Labute approximate surface area is 104 Å². The topological polar surface area (TPSA) is 60.2 Å². The number of nitrogens with two attached hydrogens (primary N) is 1. The molecule has 1 aromatic carbocycles. The van der Waals surface area contributed by atoms with Gasteiger partial charge in [0.05, 0.1) is 16.3 Å². The van der Waals surface area contributed by atoms with Crippen molar-refractivity contribution in [2.45, 2.75) is 38.5 Å². The van der Waals surface area contributed by atoms with Crippen molar-refractivity contribution in [3.8, 4) is 0 Å². The molecule has 0 fully saturated rings. The van der Waals surface area contributed by atoms with Crippen LogP contribution in [0.1, 0.15) is 32.3 Å². The van der Waals surface area contributed by atoms with Crippen LogP contribution in [0.15, 0.2) is 23.1 Å². The number of rotatable bonds is 5. The SMILES string of the molecule is CCCC(C)CS(=O)(=O)c1ccc(C)cc1N. The Morgan fingerprint density at radius 3 is 2.53 bits per heavy atom. The monoisotopic (exact) mass is 255 g/mol. The van der Waals surface area contributed by atoms with Crippen LogP contribution in [0.25, 0.3) is 0 Å². The van der Waals surface area contributed by atoms with Gasteiger partial charge in [-0.15, -0.1) is 0 Å². The summed E-state index contributed by atoms with van der Waals surface area (Å²) in [5.41, 5.74) is 7.11. The van der Waals surface area contributed by atoms with Crippen LogP contribution in [0.3, 0.4) is 0 Å². The lowest BCUT2D eigenvalue weighted by Gasteiger charge is -2.12. The zero-order valence-electron chi connectivity index (χ0n) is 10.7. The summed E-state index contributed by atoms with van der Waals surface area (Å²) in [6.45, 7) is 5.92. The predicted molar refractivity (Wildman–Crippen MR) is 71.7 cm³/mol. The van der Waals surface area contributed by atoms with E-state index < -0.39 is 9.84 Å². The van der Waals surface area contributed by atoms with Gasteiger partial charge in [-0.25, -0.2) is 8.42 Å². The van der Waals surface area contributed by atoms with Crippen LogP contribution in [0, 0.1) is 12.8 Å². The molecular weight excluding hydrogens is 234 g/mol. The lowest BCUT2D eigenvalue weighted by Crippen LogP contribution is -2.15. The Morgan fingerprint density at radius 1 is 1.35 bits per heavy atom. The molecule has 0 aliphatic rings. The van der Waals surface area contributed by atoms with Gasteiger partial charge in [0.1, 0.15) is 0 Å². The van der Waals surface area contributed by atoms with Crippen LogP contribution in [0.5, 0.6) is 0 Å². The molecule has 0 saturated heterocycles. The number of anilines is 1. The molecule has 4 heteroatoms. The van der Waals surface area contributed by atoms with Crippen molar-refractivity contribution in [2.24, 2.45) is 5.92 Å². The summed E-state index contributed by atoms with van der Waals surface area (Å²) in [5, 5.41) is 0. The zero-order chi connectivity index (χ0) is 13.1. The van der Waals surface area contributed by atoms with Gasteiger partial charge in [-0.1, -0.05) is 26.3 Å². The van der Waals surface area contributed by atoms with Gasteiger partial charge in [0.15, 0.2) is 9.84 Å². The molecule has 3 nitrogen and oxygen atoms in total. The molecule has 0 heterocycles. The van der Waals surface area contributed by atoms with E-state index in [1.54, 1.807) is 18.2 Å². The second-order valence-electron chi connectivity index (χ2n) is 4.72. The van der Waals surface area contributed by atoms with Gasteiger partial charge in [0.25, 0.3) is 0 Å². The van der Waals surface area contributed by atoms with Crippen molar-refractivity contribution >= 4 is 15.5 Å². The summed E-state index contributed by atoms with van der Waals surface area (Å²) in [5.74, 6) is 0.347. The van der Waals surface area contributed by atoms with E-state index in [0.29, 0.717) is 5.69 Å². The Balaban J connectivity index is 2.97. The molecule has 0 amide bonds. The van der Waals surface area contributed by atoms with E-state index in [2.05, 4.69) is 6.92 Å². The third-order valence-electron chi connectivity index (χ3n) is 2.79. The van der Waals surface area contributed by atoms with Gasteiger partial charge in [-0.2, -0.15) is 0 Å². The first-order valence-electron chi connectivity index (χ1n) is 5.95. The molecular formula is C13H21NO2S. The van der Waals surface area contributed by atoms with Gasteiger partial charge >= 0.3 is 0 Å². The number of hydrogen-bond acceptors (Lipinski definition) is 3. The normalized spacial score (nSPS) is 13.6. The first-order chi connectivity index (χ1) is 7.86. The van der Waals surface area contributed by atoms with Crippen LogP contribution in [0.2, 0.25) is 0 Å².